The quantitative estimate of drug-likeness (QED) is 0.500. The molecule has 0 aliphatic carbocycles. The molecule has 6 heteroatoms. The molecule has 4 rings (SSSR count). The minimum absolute atomic E-state index is 0.112. The molecule has 0 saturated carbocycles. The monoisotopic (exact) mass is 430 g/mol. The fourth-order valence-corrected chi connectivity index (χ4v) is 4.33. The Balaban J connectivity index is 1.65. The summed E-state index contributed by atoms with van der Waals surface area (Å²) in [7, 11) is 1.97. The summed E-state index contributed by atoms with van der Waals surface area (Å²) in [6, 6.07) is 16.2. The van der Waals surface area contributed by atoms with Crippen molar-refractivity contribution in [3.63, 3.8) is 0 Å². The molecule has 158 valence electrons. The number of amides is 1. The molecule has 3 aromatic rings. The molecule has 2 aromatic carbocycles. The fourth-order valence-electron chi connectivity index (χ4n) is 3.31. The third-order valence-electron chi connectivity index (χ3n) is 5.28. The van der Waals surface area contributed by atoms with Crippen LogP contribution in [0, 0.1) is 6.92 Å². The summed E-state index contributed by atoms with van der Waals surface area (Å²) in [5.41, 5.74) is 4.66. The maximum atomic E-state index is 13.3. The van der Waals surface area contributed by atoms with Gasteiger partial charge in [-0.2, -0.15) is 0 Å². The van der Waals surface area contributed by atoms with E-state index < -0.39 is 0 Å². The lowest BCUT2D eigenvalue weighted by Gasteiger charge is -2.18. The normalized spacial score (nSPS) is 15.3. The largest absolute Gasteiger partial charge is 0.337 e. The first-order chi connectivity index (χ1) is 14.9. The van der Waals surface area contributed by atoms with Crippen molar-refractivity contribution in [1.82, 2.24) is 9.55 Å². The van der Waals surface area contributed by atoms with E-state index in [1.54, 1.807) is 11.1 Å². The van der Waals surface area contributed by atoms with Crippen molar-refractivity contribution in [2.75, 3.05) is 4.90 Å². The van der Waals surface area contributed by atoms with Gasteiger partial charge in [-0.25, -0.2) is 9.98 Å². The lowest BCUT2D eigenvalue weighted by molar-refractivity contribution is -0.113. The summed E-state index contributed by atoms with van der Waals surface area (Å²) in [6.45, 7) is 6.37. The Kier molecular flexibility index (Phi) is 6.09. The minimum Gasteiger partial charge on any atom is -0.337 e. The number of aliphatic imine (C=N–C) groups is 1. The number of hydrogen-bond acceptors (Lipinski definition) is 4. The molecule has 31 heavy (non-hydrogen) atoms. The van der Waals surface area contributed by atoms with Crippen LogP contribution in [0.1, 0.15) is 42.3 Å². The van der Waals surface area contributed by atoms with Crippen LogP contribution in [0.5, 0.6) is 0 Å². The van der Waals surface area contributed by atoms with Gasteiger partial charge in [0, 0.05) is 19.4 Å². The molecule has 1 aromatic heterocycles. The highest BCUT2D eigenvalue weighted by atomic mass is 32.2. The molecule has 0 bridgehead atoms. The van der Waals surface area contributed by atoms with Crippen LogP contribution in [0.15, 0.2) is 71.6 Å². The van der Waals surface area contributed by atoms with Crippen LogP contribution in [0.3, 0.4) is 0 Å². The standard InChI is InChI=1S/C25H26N4OS/c1-17(2)20-9-7-19(8-10-20)15-22-24(30)29(21-11-5-18(3)6-12-21)25(27-22)31-16-23-26-13-14-28(23)4/h5-15,17H,16H2,1-4H3/b22-15+. The number of anilines is 1. The van der Waals surface area contributed by atoms with Crippen LogP contribution in [0.25, 0.3) is 6.08 Å². The van der Waals surface area contributed by atoms with Gasteiger partial charge in [0.25, 0.3) is 5.91 Å². The fraction of sp³-hybridized carbons (Fsp3) is 0.240. The molecular formula is C25H26N4OS. The van der Waals surface area contributed by atoms with Crippen LogP contribution < -0.4 is 4.90 Å². The predicted octanol–water partition coefficient (Wildman–Crippen LogP) is 5.53. The Morgan fingerprint density at radius 1 is 1.06 bits per heavy atom. The number of rotatable bonds is 5. The van der Waals surface area contributed by atoms with Crippen molar-refractivity contribution in [2.45, 2.75) is 32.4 Å². The highest BCUT2D eigenvalue weighted by molar-refractivity contribution is 8.13. The van der Waals surface area contributed by atoms with Gasteiger partial charge in [-0.15, -0.1) is 0 Å². The Morgan fingerprint density at radius 3 is 2.39 bits per heavy atom. The summed E-state index contributed by atoms with van der Waals surface area (Å²) in [5, 5.41) is 0.668. The number of aryl methyl sites for hydroxylation is 2. The summed E-state index contributed by atoms with van der Waals surface area (Å²) in [4.78, 5) is 24.1. The van der Waals surface area contributed by atoms with Gasteiger partial charge in [-0.05, 0) is 42.2 Å². The maximum absolute atomic E-state index is 13.3. The SMILES string of the molecule is Cc1ccc(N2C(=O)/C(=C\c3ccc(C(C)C)cc3)N=C2SCc2nccn2C)cc1. The number of hydrogen-bond donors (Lipinski definition) is 0. The van der Waals surface area contributed by atoms with Crippen LogP contribution in [-0.4, -0.2) is 20.6 Å². The van der Waals surface area contributed by atoms with Crippen LogP contribution in [0.2, 0.25) is 0 Å². The van der Waals surface area contributed by atoms with E-state index in [2.05, 4.69) is 31.0 Å². The molecule has 0 unspecified atom stereocenters. The van der Waals surface area contributed by atoms with Gasteiger partial charge >= 0.3 is 0 Å². The van der Waals surface area contributed by atoms with Gasteiger partial charge < -0.3 is 4.57 Å². The lowest BCUT2D eigenvalue weighted by Crippen LogP contribution is -2.30. The first-order valence-electron chi connectivity index (χ1n) is 10.3. The smallest absolute Gasteiger partial charge is 0.283 e. The number of carbonyl (C=O) groups excluding carboxylic acids is 1. The highest BCUT2D eigenvalue weighted by Crippen LogP contribution is 2.31. The highest BCUT2D eigenvalue weighted by Gasteiger charge is 2.32. The molecule has 0 fully saturated rings. The molecule has 5 nitrogen and oxygen atoms in total. The average molecular weight is 431 g/mol. The lowest BCUT2D eigenvalue weighted by atomic mass is 10.0. The zero-order valence-corrected chi connectivity index (χ0v) is 19.1. The Hall–Kier alpha value is -3.12. The van der Waals surface area contributed by atoms with E-state index in [4.69, 9.17) is 4.99 Å². The van der Waals surface area contributed by atoms with E-state index in [0.717, 1.165) is 22.6 Å². The molecule has 0 saturated heterocycles. The molecule has 2 heterocycles. The zero-order chi connectivity index (χ0) is 22.0. The van der Waals surface area contributed by atoms with E-state index in [0.29, 0.717) is 22.5 Å². The van der Waals surface area contributed by atoms with Crippen molar-refractivity contribution in [1.29, 1.82) is 0 Å². The average Bonchev–Trinajstić information content (AvgIpc) is 3.30. The number of thioether (sulfide) groups is 1. The Labute approximate surface area is 187 Å². The first-order valence-corrected chi connectivity index (χ1v) is 11.3. The van der Waals surface area contributed by atoms with Gasteiger partial charge in [-0.3, -0.25) is 9.69 Å². The Bertz CT molecular complexity index is 1140. The molecule has 1 aliphatic heterocycles. The number of imidazole rings is 1. The summed E-state index contributed by atoms with van der Waals surface area (Å²) >= 11 is 1.52. The third-order valence-corrected chi connectivity index (χ3v) is 6.21. The number of carbonyl (C=O) groups is 1. The van der Waals surface area contributed by atoms with E-state index in [9.17, 15) is 4.79 Å². The van der Waals surface area contributed by atoms with Crippen molar-refractivity contribution >= 4 is 34.6 Å². The van der Waals surface area contributed by atoms with Crippen LogP contribution in [-0.2, 0) is 17.6 Å². The van der Waals surface area contributed by atoms with Crippen molar-refractivity contribution in [3.05, 3.63) is 89.1 Å². The molecule has 1 aliphatic rings. The van der Waals surface area contributed by atoms with Crippen molar-refractivity contribution in [2.24, 2.45) is 12.0 Å². The van der Waals surface area contributed by atoms with E-state index >= 15 is 0 Å². The Morgan fingerprint density at radius 2 is 1.77 bits per heavy atom. The molecule has 0 atom stereocenters. The van der Waals surface area contributed by atoms with Gasteiger partial charge in [0.1, 0.15) is 11.5 Å². The van der Waals surface area contributed by atoms with Crippen molar-refractivity contribution in [3.8, 4) is 0 Å². The van der Waals surface area contributed by atoms with E-state index in [1.165, 1.54) is 17.3 Å². The minimum atomic E-state index is -0.112. The van der Waals surface area contributed by atoms with Gasteiger partial charge in [0.2, 0.25) is 0 Å². The summed E-state index contributed by atoms with van der Waals surface area (Å²) in [5.74, 6) is 1.93. The van der Waals surface area contributed by atoms with Gasteiger partial charge in [0.05, 0.1) is 11.4 Å². The van der Waals surface area contributed by atoms with Crippen LogP contribution >= 0.6 is 11.8 Å². The summed E-state index contributed by atoms with van der Waals surface area (Å²) in [6.07, 6.45) is 5.56. The predicted molar refractivity (Wildman–Crippen MR) is 129 cm³/mol. The van der Waals surface area contributed by atoms with E-state index in [1.807, 2.05) is 67.2 Å². The molecule has 1 amide bonds. The summed E-state index contributed by atoms with van der Waals surface area (Å²) < 4.78 is 1.98. The molecule has 0 radical (unpaired) electrons. The second kappa shape index (κ2) is 8.94. The zero-order valence-electron chi connectivity index (χ0n) is 18.2. The van der Waals surface area contributed by atoms with Crippen molar-refractivity contribution < 1.29 is 4.79 Å². The van der Waals surface area contributed by atoms with E-state index in [-0.39, 0.29) is 5.91 Å². The molecular weight excluding hydrogens is 404 g/mol. The first kappa shape index (κ1) is 21.1. The molecule has 0 N–H and O–H groups in total. The number of aromatic nitrogens is 2. The number of amidine groups is 1. The third kappa shape index (κ3) is 4.64. The molecule has 0 spiro atoms. The number of benzene rings is 2. The number of nitrogens with zero attached hydrogens (tertiary/aromatic N) is 4. The van der Waals surface area contributed by atoms with Crippen LogP contribution in [0.4, 0.5) is 5.69 Å². The van der Waals surface area contributed by atoms with Gasteiger partial charge in [-0.1, -0.05) is 67.6 Å². The van der Waals surface area contributed by atoms with Gasteiger partial charge in [0.15, 0.2) is 5.17 Å². The topological polar surface area (TPSA) is 50.5 Å². The second-order valence-corrected chi connectivity index (χ2v) is 8.91. The second-order valence-electron chi connectivity index (χ2n) is 7.96. The maximum Gasteiger partial charge on any atom is 0.283 e.